The molecule has 0 spiro atoms. The van der Waals surface area contributed by atoms with Gasteiger partial charge < -0.3 is 20.9 Å². The summed E-state index contributed by atoms with van der Waals surface area (Å²) in [7, 11) is 0. The third kappa shape index (κ3) is 8.99. The highest BCUT2D eigenvalue weighted by molar-refractivity contribution is 5.29. The van der Waals surface area contributed by atoms with E-state index in [4.69, 9.17) is 10.5 Å². The molecule has 0 fully saturated rings. The van der Waals surface area contributed by atoms with Gasteiger partial charge in [-0.3, -0.25) is 0 Å². The maximum atomic E-state index is 10.4. The molecule has 4 nitrogen and oxygen atoms in total. The van der Waals surface area contributed by atoms with Crippen LogP contribution in [0.2, 0.25) is 0 Å². The van der Waals surface area contributed by atoms with Gasteiger partial charge in [0, 0.05) is 19.1 Å². The van der Waals surface area contributed by atoms with Crippen molar-refractivity contribution in [2.24, 2.45) is 5.73 Å². The van der Waals surface area contributed by atoms with E-state index in [1.165, 1.54) is 30.4 Å². The second kappa shape index (κ2) is 13.4. The number of hydrogen-bond acceptors (Lipinski definition) is 4. The van der Waals surface area contributed by atoms with Gasteiger partial charge in [-0.05, 0) is 48.1 Å². The number of aryl methyl sites for hydroxylation is 1. The summed E-state index contributed by atoms with van der Waals surface area (Å²) in [6.07, 6.45) is 5.85. The Bertz CT molecular complexity index is 705. The molecule has 0 aliphatic rings. The third-order valence-electron chi connectivity index (χ3n) is 5.21. The van der Waals surface area contributed by atoms with E-state index in [1.807, 2.05) is 24.3 Å². The maximum absolute atomic E-state index is 10.4. The number of nitrogens with two attached hydrogens (primary N) is 1. The molecule has 0 radical (unpaired) electrons. The van der Waals surface area contributed by atoms with Crippen molar-refractivity contribution in [3.63, 3.8) is 0 Å². The predicted octanol–water partition coefficient (Wildman–Crippen LogP) is 4.23. The van der Waals surface area contributed by atoms with Crippen molar-refractivity contribution in [2.45, 2.75) is 71.1 Å². The van der Waals surface area contributed by atoms with E-state index in [-0.39, 0.29) is 6.04 Å². The standard InChI is InChI=1S/C25H38N2O2/c1-3-5-6-7-14-29-23-13-9-11-21(16-23)17-24(26)25(28)19-27-18-22-12-8-10-20(4-2)15-22/h8-13,15-16,24-25,27-28H,3-7,14,17-19,26H2,1-2H3. The summed E-state index contributed by atoms with van der Waals surface area (Å²) in [5.74, 6) is 0.884. The van der Waals surface area contributed by atoms with Crippen molar-refractivity contribution >= 4 is 0 Å². The molecule has 0 saturated carbocycles. The van der Waals surface area contributed by atoms with Gasteiger partial charge in [-0.2, -0.15) is 0 Å². The lowest BCUT2D eigenvalue weighted by Crippen LogP contribution is -2.43. The Kier molecular flexibility index (Phi) is 10.8. The summed E-state index contributed by atoms with van der Waals surface area (Å²) in [5, 5.41) is 13.8. The van der Waals surface area contributed by atoms with Crippen LogP contribution in [0.5, 0.6) is 5.75 Å². The number of ether oxygens (including phenoxy) is 1. The van der Waals surface area contributed by atoms with E-state index >= 15 is 0 Å². The van der Waals surface area contributed by atoms with E-state index in [1.54, 1.807) is 0 Å². The van der Waals surface area contributed by atoms with E-state index in [0.29, 0.717) is 13.0 Å². The van der Waals surface area contributed by atoms with Crippen molar-refractivity contribution in [3.8, 4) is 5.75 Å². The van der Waals surface area contributed by atoms with Crippen LogP contribution in [-0.4, -0.2) is 30.4 Å². The second-order valence-electron chi connectivity index (χ2n) is 7.80. The smallest absolute Gasteiger partial charge is 0.119 e. The normalized spacial score (nSPS) is 13.2. The molecule has 160 valence electrons. The highest BCUT2D eigenvalue weighted by atomic mass is 16.5. The van der Waals surface area contributed by atoms with Crippen molar-refractivity contribution in [2.75, 3.05) is 13.2 Å². The van der Waals surface area contributed by atoms with Crippen LogP contribution in [0.1, 0.15) is 56.2 Å². The van der Waals surface area contributed by atoms with Gasteiger partial charge in [-0.15, -0.1) is 0 Å². The first kappa shape index (κ1) is 23.4. The fraction of sp³-hybridized carbons (Fsp3) is 0.520. The third-order valence-corrected chi connectivity index (χ3v) is 5.21. The molecule has 0 aromatic heterocycles. The first-order valence-electron chi connectivity index (χ1n) is 11.1. The molecule has 2 rings (SSSR count). The Hall–Kier alpha value is -1.88. The number of aliphatic hydroxyl groups excluding tert-OH is 1. The lowest BCUT2D eigenvalue weighted by molar-refractivity contribution is 0.141. The fourth-order valence-electron chi connectivity index (χ4n) is 3.36. The van der Waals surface area contributed by atoms with Gasteiger partial charge in [0.25, 0.3) is 0 Å². The lowest BCUT2D eigenvalue weighted by atomic mass is 10.0. The van der Waals surface area contributed by atoms with E-state index in [9.17, 15) is 5.11 Å². The van der Waals surface area contributed by atoms with Crippen LogP contribution in [0, 0.1) is 0 Å². The summed E-state index contributed by atoms with van der Waals surface area (Å²) in [5.41, 5.74) is 9.90. The molecule has 0 bridgehead atoms. The van der Waals surface area contributed by atoms with Crippen LogP contribution >= 0.6 is 0 Å². The Labute approximate surface area is 176 Å². The zero-order valence-electron chi connectivity index (χ0n) is 18.1. The summed E-state index contributed by atoms with van der Waals surface area (Å²) in [6.45, 7) is 6.33. The number of nitrogens with one attached hydrogen (secondary N) is 1. The molecule has 4 heteroatoms. The topological polar surface area (TPSA) is 67.5 Å². The van der Waals surface area contributed by atoms with Crippen molar-refractivity contribution in [3.05, 3.63) is 65.2 Å². The molecule has 0 saturated heterocycles. The Morgan fingerprint density at radius 1 is 0.966 bits per heavy atom. The summed E-state index contributed by atoms with van der Waals surface area (Å²) < 4.78 is 5.85. The number of unbranched alkanes of at least 4 members (excludes halogenated alkanes) is 3. The van der Waals surface area contributed by atoms with Crippen LogP contribution in [-0.2, 0) is 19.4 Å². The van der Waals surface area contributed by atoms with Crippen LogP contribution < -0.4 is 15.8 Å². The van der Waals surface area contributed by atoms with Crippen molar-refractivity contribution in [1.82, 2.24) is 5.32 Å². The molecular weight excluding hydrogens is 360 g/mol. The molecule has 0 aliphatic carbocycles. The van der Waals surface area contributed by atoms with Gasteiger partial charge in [-0.25, -0.2) is 0 Å². The minimum Gasteiger partial charge on any atom is -0.494 e. The van der Waals surface area contributed by atoms with E-state index in [0.717, 1.165) is 37.3 Å². The summed E-state index contributed by atoms with van der Waals surface area (Å²) >= 11 is 0. The van der Waals surface area contributed by atoms with E-state index in [2.05, 4.69) is 43.4 Å². The highest BCUT2D eigenvalue weighted by Gasteiger charge is 2.15. The van der Waals surface area contributed by atoms with Crippen molar-refractivity contribution in [1.29, 1.82) is 0 Å². The molecule has 2 atom stereocenters. The lowest BCUT2D eigenvalue weighted by Gasteiger charge is -2.20. The van der Waals surface area contributed by atoms with Gasteiger partial charge in [0.1, 0.15) is 5.75 Å². The molecule has 2 aromatic rings. The Morgan fingerprint density at radius 2 is 1.72 bits per heavy atom. The van der Waals surface area contributed by atoms with E-state index < -0.39 is 6.10 Å². The van der Waals surface area contributed by atoms with Crippen molar-refractivity contribution < 1.29 is 9.84 Å². The molecule has 2 aromatic carbocycles. The monoisotopic (exact) mass is 398 g/mol. The van der Waals surface area contributed by atoms with Gasteiger partial charge in [0.15, 0.2) is 0 Å². The van der Waals surface area contributed by atoms with Crippen LogP contribution in [0.4, 0.5) is 0 Å². The average molecular weight is 399 g/mol. The molecular formula is C25H38N2O2. The number of benzene rings is 2. The first-order valence-corrected chi connectivity index (χ1v) is 11.1. The largest absolute Gasteiger partial charge is 0.494 e. The molecule has 2 unspecified atom stereocenters. The molecule has 29 heavy (non-hydrogen) atoms. The van der Waals surface area contributed by atoms with Crippen LogP contribution in [0.25, 0.3) is 0 Å². The van der Waals surface area contributed by atoms with Crippen LogP contribution in [0.3, 0.4) is 0 Å². The van der Waals surface area contributed by atoms with Gasteiger partial charge >= 0.3 is 0 Å². The minimum absolute atomic E-state index is 0.315. The second-order valence-corrected chi connectivity index (χ2v) is 7.80. The van der Waals surface area contributed by atoms with Gasteiger partial charge in [-0.1, -0.05) is 69.5 Å². The number of aliphatic hydroxyl groups is 1. The minimum atomic E-state index is -0.594. The first-order chi connectivity index (χ1) is 14.1. The van der Waals surface area contributed by atoms with Gasteiger partial charge in [0.2, 0.25) is 0 Å². The highest BCUT2D eigenvalue weighted by Crippen LogP contribution is 2.16. The number of rotatable bonds is 14. The summed E-state index contributed by atoms with van der Waals surface area (Å²) in [4.78, 5) is 0. The van der Waals surface area contributed by atoms with Gasteiger partial charge in [0.05, 0.1) is 12.7 Å². The molecule has 0 amide bonds. The fourth-order valence-corrected chi connectivity index (χ4v) is 3.36. The molecule has 0 aliphatic heterocycles. The summed E-state index contributed by atoms with van der Waals surface area (Å²) in [6, 6.07) is 16.3. The molecule has 4 N–H and O–H groups in total. The van der Waals surface area contributed by atoms with Crippen LogP contribution in [0.15, 0.2) is 48.5 Å². The quantitative estimate of drug-likeness (QED) is 0.417. The Morgan fingerprint density at radius 3 is 2.52 bits per heavy atom. The predicted molar refractivity (Wildman–Crippen MR) is 121 cm³/mol. The SMILES string of the molecule is CCCCCCOc1cccc(CC(N)C(O)CNCc2cccc(CC)c2)c1. The number of hydrogen-bond donors (Lipinski definition) is 3. The average Bonchev–Trinajstić information content (AvgIpc) is 2.74. The maximum Gasteiger partial charge on any atom is 0.119 e. The molecule has 0 heterocycles. The Balaban J connectivity index is 1.73. The zero-order valence-corrected chi connectivity index (χ0v) is 18.1. The zero-order chi connectivity index (χ0) is 20.9.